The summed E-state index contributed by atoms with van der Waals surface area (Å²) in [5.74, 6) is 3.07. The van der Waals surface area contributed by atoms with Crippen LogP contribution in [0, 0.1) is 0 Å². The molecule has 3 N–H and O–H groups in total. The minimum absolute atomic E-state index is 0.320. The average molecular weight is 392 g/mol. The third-order valence-corrected chi connectivity index (χ3v) is 3.95. The molecule has 0 saturated heterocycles. The Labute approximate surface area is 170 Å². The molecular weight excluding hydrogens is 368 g/mol. The Morgan fingerprint density at radius 1 is 1.00 bits per heavy atom. The van der Waals surface area contributed by atoms with Crippen LogP contribution < -0.4 is 25.3 Å². The van der Waals surface area contributed by atoms with E-state index in [0.29, 0.717) is 30.7 Å². The van der Waals surface area contributed by atoms with Crippen molar-refractivity contribution in [3.8, 4) is 23.1 Å². The van der Waals surface area contributed by atoms with Gasteiger partial charge in [0, 0.05) is 18.0 Å². The Morgan fingerprint density at radius 3 is 2.38 bits per heavy atom. The van der Waals surface area contributed by atoms with Crippen LogP contribution in [-0.4, -0.2) is 24.7 Å². The molecule has 150 valence electrons. The number of rotatable bonds is 8. The van der Waals surface area contributed by atoms with Crippen molar-refractivity contribution in [2.24, 2.45) is 10.7 Å². The molecule has 3 aromatic rings. The quantitative estimate of drug-likeness (QED) is 0.441. The van der Waals surface area contributed by atoms with Crippen molar-refractivity contribution in [1.82, 2.24) is 4.98 Å². The molecule has 3 rings (SSSR count). The first-order chi connectivity index (χ1) is 14.2. The molecule has 0 unspecified atom stereocenters. The second kappa shape index (κ2) is 9.98. The number of benzene rings is 2. The van der Waals surface area contributed by atoms with Crippen molar-refractivity contribution >= 4 is 11.6 Å². The van der Waals surface area contributed by atoms with Crippen molar-refractivity contribution in [1.29, 1.82) is 0 Å². The van der Waals surface area contributed by atoms with Crippen molar-refractivity contribution in [3.05, 3.63) is 72.4 Å². The second-order valence-corrected chi connectivity index (χ2v) is 6.06. The zero-order valence-electron chi connectivity index (χ0n) is 16.5. The van der Waals surface area contributed by atoms with Gasteiger partial charge in [-0.1, -0.05) is 0 Å². The van der Waals surface area contributed by atoms with Crippen molar-refractivity contribution in [3.63, 3.8) is 0 Å². The Hall–Kier alpha value is -3.74. The van der Waals surface area contributed by atoms with E-state index < -0.39 is 0 Å². The van der Waals surface area contributed by atoms with Gasteiger partial charge in [-0.3, -0.25) is 0 Å². The fraction of sp³-hybridized carbons (Fsp3) is 0.182. The molecular formula is C22H24N4O3. The van der Waals surface area contributed by atoms with Crippen LogP contribution in [0.15, 0.2) is 71.9 Å². The highest BCUT2D eigenvalue weighted by molar-refractivity contribution is 5.92. The molecule has 7 heteroatoms. The Morgan fingerprint density at radius 2 is 1.69 bits per heavy atom. The van der Waals surface area contributed by atoms with E-state index >= 15 is 0 Å². The third kappa shape index (κ3) is 6.14. The number of nitrogens with one attached hydrogen (secondary N) is 1. The number of aliphatic imine (C=N–C) groups is 1. The number of pyridine rings is 1. The molecule has 0 atom stereocenters. The van der Waals surface area contributed by atoms with E-state index in [9.17, 15) is 0 Å². The highest BCUT2D eigenvalue weighted by Gasteiger charge is 2.02. The lowest BCUT2D eigenvalue weighted by atomic mass is 10.2. The fourth-order valence-corrected chi connectivity index (χ4v) is 2.53. The molecule has 1 aromatic heterocycles. The van der Waals surface area contributed by atoms with Gasteiger partial charge in [0.1, 0.15) is 17.2 Å². The molecule has 29 heavy (non-hydrogen) atoms. The lowest BCUT2D eigenvalue weighted by Gasteiger charge is -2.08. The number of nitrogens with two attached hydrogens (primary N) is 1. The van der Waals surface area contributed by atoms with Gasteiger partial charge in [0.15, 0.2) is 5.96 Å². The normalized spacial score (nSPS) is 11.0. The highest BCUT2D eigenvalue weighted by atomic mass is 16.5. The van der Waals surface area contributed by atoms with Crippen LogP contribution in [0.5, 0.6) is 23.1 Å². The molecule has 2 aromatic carbocycles. The predicted molar refractivity (Wildman–Crippen MR) is 114 cm³/mol. The van der Waals surface area contributed by atoms with Gasteiger partial charge in [0.25, 0.3) is 0 Å². The highest BCUT2D eigenvalue weighted by Crippen LogP contribution is 2.23. The van der Waals surface area contributed by atoms with E-state index in [1.54, 1.807) is 13.3 Å². The minimum atomic E-state index is 0.320. The van der Waals surface area contributed by atoms with Crippen molar-refractivity contribution in [2.75, 3.05) is 19.0 Å². The molecule has 0 radical (unpaired) electrons. The molecule has 0 amide bonds. The fourth-order valence-electron chi connectivity index (χ4n) is 2.53. The molecule has 0 bridgehead atoms. The Balaban J connectivity index is 1.59. The largest absolute Gasteiger partial charge is 0.497 e. The van der Waals surface area contributed by atoms with Gasteiger partial charge < -0.3 is 25.3 Å². The summed E-state index contributed by atoms with van der Waals surface area (Å²) in [6.07, 6.45) is 1.68. The first-order valence-corrected chi connectivity index (χ1v) is 9.23. The molecule has 0 aliphatic carbocycles. The molecule has 1 heterocycles. The average Bonchev–Trinajstić information content (AvgIpc) is 2.75. The summed E-state index contributed by atoms with van der Waals surface area (Å²) in [4.78, 5) is 8.61. The van der Waals surface area contributed by atoms with Crippen LogP contribution in [0.1, 0.15) is 12.5 Å². The van der Waals surface area contributed by atoms with Crippen molar-refractivity contribution < 1.29 is 14.2 Å². The number of hydrogen-bond donors (Lipinski definition) is 2. The predicted octanol–water partition coefficient (Wildman–Crippen LogP) is 4.21. The molecule has 0 saturated carbocycles. The number of guanidine groups is 1. The van der Waals surface area contributed by atoms with Crippen LogP contribution in [0.4, 0.5) is 5.69 Å². The van der Waals surface area contributed by atoms with E-state index in [0.717, 1.165) is 22.7 Å². The van der Waals surface area contributed by atoms with E-state index in [-0.39, 0.29) is 0 Å². The molecule has 7 nitrogen and oxygen atoms in total. The van der Waals surface area contributed by atoms with Gasteiger partial charge >= 0.3 is 0 Å². The number of methoxy groups -OCH3 is 1. The number of anilines is 1. The number of nitrogens with zero attached hydrogens (tertiary/aromatic N) is 2. The molecule has 0 spiro atoms. The van der Waals surface area contributed by atoms with Gasteiger partial charge in [0.05, 0.1) is 20.3 Å². The van der Waals surface area contributed by atoms with Crippen LogP contribution in [0.2, 0.25) is 0 Å². The van der Waals surface area contributed by atoms with E-state index in [4.69, 9.17) is 19.9 Å². The summed E-state index contributed by atoms with van der Waals surface area (Å²) >= 11 is 0. The summed E-state index contributed by atoms with van der Waals surface area (Å²) in [5, 5.41) is 3.05. The Bertz CT molecular complexity index is 941. The van der Waals surface area contributed by atoms with Gasteiger partial charge in [-0.05, 0) is 67.1 Å². The maximum absolute atomic E-state index is 5.97. The summed E-state index contributed by atoms with van der Waals surface area (Å²) in [5.41, 5.74) is 7.74. The SMILES string of the molecule is CCOc1ccc(Oc2cc(CN=C(N)Nc3ccc(OC)cc3)ccn2)cc1. The molecule has 0 fully saturated rings. The monoisotopic (exact) mass is 392 g/mol. The standard InChI is InChI=1S/C22H24N4O3/c1-3-28-19-8-10-20(11-9-19)29-21-14-16(12-13-24-21)15-25-22(23)26-17-4-6-18(27-2)7-5-17/h4-14H,3,15H2,1-2H3,(H3,23,25,26). The zero-order valence-corrected chi connectivity index (χ0v) is 16.5. The number of hydrogen-bond acceptors (Lipinski definition) is 5. The Kier molecular flexibility index (Phi) is 6.89. The van der Waals surface area contributed by atoms with Crippen molar-refractivity contribution in [2.45, 2.75) is 13.5 Å². The topological polar surface area (TPSA) is 91.0 Å². The lowest BCUT2D eigenvalue weighted by molar-refractivity contribution is 0.339. The molecule has 0 aliphatic heterocycles. The summed E-state index contributed by atoms with van der Waals surface area (Å²) in [6.45, 7) is 2.97. The van der Waals surface area contributed by atoms with Gasteiger partial charge in [0.2, 0.25) is 5.88 Å². The first-order valence-electron chi connectivity index (χ1n) is 9.23. The van der Waals surface area contributed by atoms with Crippen LogP contribution in [-0.2, 0) is 6.54 Å². The zero-order chi connectivity index (χ0) is 20.5. The van der Waals surface area contributed by atoms with E-state index in [1.807, 2.05) is 67.6 Å². The van der Waals surface area contributed by atoms with E-state index in [2.05, 4.69) is 15.3 Å². The van der Waals surface area contributed by atoms with Crippen LogP contribution in [0.3, 0.4) is 0 Å². The van der Waals surface area contributed by atoms with Crippen LogP contribution in [0.25, 0.3) is 0 Å². The van der Waals surface area contributed by atoms with Gasteiger partial charge in [-0.2, -0.15) is 0 Å². The molecule has 0 aliphatic rings. The van der Waals surface area contributed by atoms with Crippen LogP contribution >= 0.6 is 0 Å². The van der Waals surface area contributed by atoms with E-state index in [1.165, 1.54) is 0 Å². The summed E-state index contributed by atoms with van der Waals surface area (Å²) in [7, 11) is 1.63. The number of ether oxygens (including phenoxy) is 3. The minimum Gasteiger partial charge on any atom is -0.497 e. The summed E-state index contributed by atoms with van der Waals surface area (Å²) in [6, 6.07) is 18.5. The lowest BCUT2D eigenvalue weighted by Crippen LogP contribution is -2.22. The number of aromatic nitrogens is 1. The summed E-state index contributed by atoms with van der Waals surface area (Å²) < 4.78 is 16.4. The maximum Gasteiger partial charge on any atom is 0.219 e. The van der Waals surface area contributed by atoms with Gasteiger partial charge in [-0.25, -0.2) is 9.98 Å². The van der Waals surface area contributed by atoms with Gasteiger partial charge in [-0.15, -0.1) is 0 Å². The second-order valence-electron chi connectivity index (χ2n) is 6.06. The third-order valence-electron chi connectivity index (χ3n) is 3.95. The maximum atomic E-state index is 5.97. The smallest absolute Gasteiger partial charge is 0.219 e. The first kappa shape index (κ1) is 20.0.